The largest absolute Gasteiger partial charge is 0.461 e. The van der Waals surface area contributed by atoms with E-state index in [1.807, 2.05) is 6.26 Å². The van der Waals surface area contributed by atoms with Crippen LogP contribution in [0.2, 0.25) is 5.02 Å². The summed E-state index contributed by atoms with van der Waals surface area (Å²) in [5.74, 6) is 0.197. The van der Waals surface area contributed by atoms with Crippen LogP contribution < -0.4 is 0 Å². The van der Waals surface area contributed by atoms with Crippen molar-refractivity contribution in [2.45, 2.75) is 6.18 Å². The number of hydrogen-bond donors (Lipinski definition) is 0. The number of rotatable bonds is 6. The second-order valence-electron chi connectivity index (χ2n) is 5.98. The summed E-state index contributed by atoms with van der Waals surface area (Å²) in [4.78, 5) is 12.0. The molecule has 0 atom stereocenters. The third-order valence-electron chi connectivity index (χ3n) is 4.02. The highest BCUT2D eigenvalue weighted by Gasteiger charge is 2.35. The molecule has 0 fully saturated rings. The summed E-state index contributed by atoms with van der Waals surface area (Å²) in [5.41, 5.74) is 0.254. The molecule has 0 spiro atoms. The summed E-state index contributed by atoms with van der Waals surface area (Å²) in [6, 6.07) is 13.6. The van der Waals surface area contributed by atoms with Crippen LogP contribution >= 0.6 is 23.4 Å². The van der Waals surface area contributed by atoms with Gasteiger partial charge in [0.25, 0.3) is 0 Å². The van der Waals surface area contributed by atoms with Gasteiger partial charge >= 0.3 is 12.1 Å². The van der Waals surface area contributed by atoms with Crippen molar-refractivity contribution in [3.05, 3.63) is 70.9 Å². The number of hydrogen-bond acceptors (Lipinski definition) is 4. The van der Waals surface area contributed by atoms with Crippen molar-refractivity contribution in [3.8, 4) is 16.9 Å². The number of alkyl halides is 3. The van der Waals surface area contributed by atoms with Crippen molar-refractivity contribution in [1.82, 2.24) is 9.78 Å². The van der Waals surface area contributed by atoms with E-state index in [2.05, 4.69) is 5.10 Å². The van der Waals surface area contributed by atoms with Gasteiger partial charge in [-0.25, -0.2) is 9.48 Å². The summed E-state index contributed by atoms with van der Waals surface area (Å²) in [5, 5.41) is 3.97. The first-order chi connectivity index (χ1) is 13.8. The lowest BCUT2D eigenvalue weighted by Gasteiger charge is -2.10. The van der Waals surface area contributed by atoms with Gasteiger partial charge < -0.3 is 4.74 Å². The highest BCUT2D eigenvalue weighted by molar-refractivity contribution is 7.98. The molecule has 4 nitrogen and oxygen atoms in total. The van der Waals surface area contributed by atoms with Crippen LogP contribution in [0.5, 0.6) is 0 Å². The lowest BCUT2D eigenvalue weighted by Crippen LogP contribution is -2.08. The zero-order valence-electron chi connectivity index (χ0n) is 15.2. The van der Waals surface area contributed by atoms with E-state index in [0.29, 0.717) is 22.6 Å². The minimum Gasteiger partial charge on any atom is -0.461 e. The van der Waals surface area contributed by atoms with Gasteiger partial charge in [0.2, 0.25) is 0 Å². The second kappa shape index (κ2) is 8.92. The van der Waals surface area contributed by atoms with Crippen molar-refractivity contribution < 1.29 is 22.7 Å². The van der Waals surface area contributed by atoms with Crippen LogP contribution in [0.15, 0.2) is 54.6 Å². The Hall–Kier alpha value is -2.45. The van der Waals surface area contributed by atoms with Gasteiger partial charge in [0.15, 0.2) is 5.69 Å². The predicted molar refractivity (Wildman–Crippen MR) is 108 cm³/mol. The van der Waals surface area contributed by atoms with E-state index < -0.39 is 17.8 Å². The molecule has 0 N–H and O–H groups in total. The second-order valence-corrected chi connectivity index (χ2v) is 7.37. The lowest BCUT2D eigenvalue weighted by molar-refractivity contribution is -0.141. The Morgan fingerprint density at radius 2 is 1.86 bits per heavy atom. The normalized spacial score (nSPS) is 11.5. The van der Waals surface area contributed by atoms with Crippen molar-refractivity contribution in [2.75, 3.05) is 18.6 Å². The molecule has 9 heteroatoms. The Morgan fingerprint density at radius 3 is 2.48 bits per heavy atom. The summed E-state index contributed by atoms with van der Waals surface area (Å²) >= 11 is 7.72. The fraction of sp³-hybridized carbons (Fsp3) is 0.200. The van der Waals surface area contributed by atoms with Crippen molar-refractivity contribution in [2.24, 2.45) is 0 Å². The summed E-state index contributed by atoms with van der Waals surface area (Å²) in [6.07, 6.45) is -2.71. The van der Waals surface area contributed by atoms with Crippen LogP contribution in [0.25, 0.3) is 16.9 Å². The smallest absolute Gasteiger partial charge is 0.435 e. The standard InChI is InChI=1S/C20H16ClF3N2O2S/c1-29-11-10-28-19(27)14-8-6-13(7-9-14)17-12-18(20(22,23)24)25-26(17)16-5-3-2-4-15(16)21/h2-9,12H,10-11H2,1H3. The maximum atomic E-state index is 13.3. The van der Waals surface area contributed by atoms with Crippen LogP contribution in [0.4, 0.5) is 13.2 Å². The minimum atomic E-state index is -4.61. The molecule has 3 aromatic rings. The highest BCUT2D eigenvalue weighted by Crippen LogP contribution is 2.34. The Morgan fingerprint density at radius 1 is 1.17 bits per heavy atom. The quantitative estimate of drug-likeness (QED) is 0.362. The maximum Gasteiger partial charge on any atom is 0.435 e. The number of carbonyl (C=O) groups is 1. The Balaban J connectivity index is 1.98. The van der Waals surface area contributed by atoms with Crippen LogP contribution in [0.3, 0.4) is 0 Å². The summed E-state index contributed by atoms with van der Waals surface area (Å²) in [7, 11) is 0. The van der Waals surface area contributed by atoms with E-state index in [-0.39, 0.29) is 17.3 Å². The molecule has 0 amide bonds. The maximum absolute atomic E-state index is 13.3. The molecule has 0 bridgehead atoms. The number of benzene rings is 2. The molecule has 0 saturated carbocycles. The fourth-order valence-corrected chi connectivity index (χ4v) is 3.08. The molecule has 0 saturated heterocycles. The van der Waals surface area contributed by atoms with Crippen LogP contribution in [0, 0.1) is 0 Å². The molecule has 0 aliphatic heterocycles. The monoisotopic (exact) mass is 440 g/mol. The molecular formula is C20H16ClF3N2O2S. The van der Waals surface area contributed by atoms with Gasteiger partial charge in [-0.2, -0.15) is 30.0 Å². The van der Waals surface area contributed by atoms with E-state index in [1.165, 1.54) is 12.1 Å². The molecule has 1 heterocycles. The van der Waals surface area contributed by atoms with E-state index in [0.717, 1.165) is 10.7 Å². The van der Waals surface area contributed by atoms with Crippen LogP contribution in [-0.2, 0) is 10.9 Å². The van der Waals surface area contributed by atoms with Crippen molar-refractivity contribution in [1.29, 1.82) is 0 Å². The number of ether oxygens (including phenoxy) is 1. The Kier molecular flexibility index (Phi) is 6.54. The first-order valence-corrected chi connectivity index (χ1v) is 10.3. The zero-order chi connectivity index (χ0) is 21.0. The summed E-state index contributed by atoms with van der Waals surface area (Å²) < 4.78 is 46.1. The van der Waals surface area contributed by atoms with Gasteiger partial charge in [0, 0.05) is 11.3 Å². The van der Waals surface area contributed by atoms with E-state index in [1.54, 1.807) is 48.2 Å². The van der Waals surface area contributed by atoms with E-state index in [9.17, 15) is 18.0 Å². The third-order valence-corrected chi connectivity index (χ3v) is 4.91. The lowest BCUT2D eigenvalue weighted by atomic mass is 10.1. The van der Waals surface area contributed by atoms with Crippen molar-refractivity contribution >= 4 is 29.3 Å². The number of thioether (sulfide) groups is 1. The van der Waals surface area contributed by atoms with Gasteiger partial charge in [-0.15, -0.1) is 0 Å². The van der Waals surface area contributed by atoms with Gasteiger partial charge in [0.05, 0.1) is 22.0 Å². The molecule has 0 aliphatic carbocycles. The molecule has 29 heavy (non-hydrogen) atoms. The number of esters is 1. The third kappa shape index (κ3) is 4.94. The average Bonchev–Trinajstić information content (AvgIpc) is 3.14. The minimum absolute atomic E-state index is 0.202. The molecular weight excluding hydrogens is 425 g/mol. The first kappa shape index (κ1) is 21.3. The molecule has 152 valence electrons. The van der Waals surface area contributed by atoms with E-state index in [4.69, 9.17) is 16.3 Å². The number of carbonyl (C=O) groups excluding carboxylic acids is 1. The average molecular weight is 441 g/mol. The van der Waals surface area contributed by atoms with Crippen molar-refractivity contribution in [3.63, 3.8) is 0 Å². The Labute approximate surface area is 174 Å². The van der Waals surface area contributed by atoms with Gasteiger partial charge in [-0.1, -0.05) is 35.9 Å². The van der Waals surface area contributed by atoms with Crippen LogP contribution in [0.1, 0.15) is 16.1 Å². The molecule has 1 aromatic heterocycles. The van der Waals surface area contributed by atoms with Crippen LogP contribution in [-0.4, -0.2) is 34.4 Å². The van der Waals surface area contributed by atoms with E-state index >= 15 is 0 Å². The molecule has 0 radical (unpaired) electrons. The SMILES string of the molecule is CSCCOC(=O)c1ccc(-c2cc(C(F)(F)F)nn2-c2ccccc2Cl)cc1. The molecule has 0 unspecified atom stereocenters. The molecule has 0 aliphatic rings. The predicted octanol–water partition coefficient (Wildman–Crippen LogP) is 5.73. The number of halogens is 4. The highest BCUT2D eigenvalue weighted by atomic mass is 35.5. The van der Waals surface area contributed by atoms with Gasteiger partial charge in [-0.05, 0) is 36.6 Å². The van der Waals surface area contributed by atoms with Gasteiger partial charge in [0.1, 0.15) is 6.61 Å². The Bertz CT molecular complexity index is 1000. The molecule has 3 rings (SSSR count). The number of para-hydroxylation sites is 1. The molecule has 2 aromatic carbocycles. The zero-order valence-corrected chi connectivity index (χ0v) is 16.8. The van der Waals surface area contributed by atoms with Gasteiger partial charge in [-0.3, -0.25) is 0 Å². The topological polar surface area (TPSA) is 44.1 Å². The first-order valence-electron chi connectivity index (χ1n) is 8.50. The number of aromatic nitrogens is 2. The fourth-order valence-electron chi connectivity index (χ4n) is 2.61. The summed E-state index contributed by atoms with van der Waals surface area (Å²) in [6.45, 7) is 0.288. The number of nitrogens with zero attached hydrogens (tertiary/aromatic N) is 2.